The topological polar surface area (TPSA) is 97.1 Å². The van der Waals surface area contributed by atoms with Gasteiger partial charge in [0.2, 0.25) is 0 Å². The number of anilines is 1. The highest BCUT2D eigenvalue weighted by atomic mass is 32.1. The fourth-order valence-corrected chi connectivity index (χ4v) is 2.37. The zero-order chi connectivity index (χ0) is 14.7. The second-order valence-corrected chi connectivity index (χ2v) is 5.03. The summed E-state index contributed by atoms with van der Waals surface area (Å²) < 4.78 is 1.62. The van der Waals surface area contributed by atoms with Gasteiger partial charge in [-0.3, -0.25) is 4.79 Å². The maximum absolute atomic E-state index is 11.7. The number of hydrogen-bond donors (Lipinski definition) is 2. The summed E-state index contributed by atoms with van der Waals surface area (Å²) in [4.78, 5) is 24.0. The van der Waals surface area contributed by atoms with Gasteiger partial charge in [0.25, 0.3) is 11.7 Å². The fraction of sp³-hybridized carbons (Fsp3) is 0.250. The van der Waals surface area contributed by atoms with E-state index in [1.54, 1.807) is 15.4 Å². The summed E-state index contributed by atoms with van der Waals surface area (Å²) in [6, 6.07) is 1.88. The number of nitrogens with one attached hydrogen (secondary N) is 2. The molecule has 0 bridgehead atoms. The Balaban J connectivity index is 1.57. The Morgan fingerprint density at radius 1 is 1.38 bits per heavy atom. The van der Waals surface area contributed by atoms with E-state index in [1.807, 2.05) is 13.0 Å². The van der Waals surface area contributed by atoms with Gasteiger partial charge in [-0.25, -0.2) is 9.97 Å². The van der Waals surface area contributed by atoms with Crippen LogP contribution in [0.4, 0.5) is 5.82 Å². The number of amides is 1. The van der Waals surface area contributed by atoms with Crippen molar-refractivity contribution in [1.29, 1.82) is 0 Å². The van der Waals surface area contributed by atoms with E-state index in [9.17, 15) is 4.79 Å². The van der Waals surface area contributed by atoms with E-state index >= 15 is 0 Å². The first-order valence-electron chi connectivity index (χ1n) is 6.31. The number of nitrogens with zero attached hydrogens (tertiary/aromatic N) is 5. The van der Waals surface area contributed by atoms with Crippen LogP contribution >= 0.6 is 11.3 Å². The normalized spacial score (nSPS) is 10.7. The summed E-state index contributed by atoms with van der Waals surface area (Å²) in [7, 11) is 0. The van der Waals surface area contributed by atoms with E-state index in [1.165, 1.54) is 17.7 Å². The molecule has 0 radical (unpaired) electrons. The molecule has 0 aliphatic rings. The molecule has 108 valence electrons. The van der Waals surface area contributed by atoms with Gasteiger partial charge >= 0.3 is 0 Å². The summed E-state index contributed by atoms with van der Waals surface area (Å²) in [5.74, 6) is 1.16. The quantitative estimate of drug-likeness (QED) is 0.674. The Bertz CT molecular complexity index is 752. The van der Waals surface area contributed by atoms with Crippen LogP contribution in [0.25, 0.3) is 5.78 Å². The summed E-state index contributed by atoms with van der Waals surface area (Å²) in [5.41, 5.74) is 2.93. The SMILES string of the molecule is Cc1cc(NCCNC(=O)c2cscn2)n2ncnc2n1. The summed E-state index contributed by atoms with van der Waals surface area (Å²) in [5, 5.41) is 11.8. The van der Waals surface area contributed by atoms with Crippen molar-refractivity contribution in [3.63, 3.8) is 0 Å². The number of rotatable bonds is 5. The van der Waals surface area contributed by atoms with Gasteiger partial charge in [-0.2, -0.15) is 14.6 Å². The zero-order valence-electron chi connectivity index (χ0n) is 11.3. The minimum absolute atomic E-state index is 0.171. The second-order valence-electron chi connectivity index (χ2n) is 4.31. The third-order valence-corrected chi connectivity index (χ3v) is 3.35. The minimum Gasteiger partial charge on any atom is -0.368 e. The highest BCUT2D eigenvalue weighted by Gasteiger charge is 2.07. The van der Waals surface area contributed by atoms with Crippen LogP contribution in [-0.2, 0) is 0 Å². The highest BCUT2D eigenvalue weighted by Crippen LogP contribution is 2.09. The molecule has 0 aliphatic carbocycles. The molecule has 0 saturated carbocycles. The van der Waals surface area contributed by atoms with Gasteiger partial charge in [-0.05, 0) is 6.92 Å². The Morgan fingerprint density at radius 3 is 3.10 bits per heavy atom. The smallest absolute Gasteiger partial charge is 0.270 e. The molecule has 0 fully saturated rings. The van der Waals surface area contributed by atoms with Crippen LogP contribution in [0.5, 0.6) is 0 Å². The highest BCUT2D eigenvalue weighted by molar-refractivity contribution is 7.07. The Hall–Kier alpha value is -2.55. The number of thiazole rings is 1. The molecule has 9 heteroatoms. The van der Waals surface area contributed by atoms with Crippen molar-refractivity contribution in [3.05, 3.63) is 34.7 Å². The van der Waals surface area contributed by atoms with Gasteiger partial charge in [0.1, 0.15) is 17.8 Å². The maximum atomic E-state index is 11.7. The third kappa shape index (κ3) is 2.97. The first-order chi connectivity index (χ1) is 10.2. The second kappa shape index (κ2) is 5.83. The Kier molecular flexibility index (Phi) is 3.73. The van der Waals surface area contributed by atoms with Crippen LogP contribution in [0.2, 0.25) is 0 Å². The standard InChI is InChI=1S/C12H13N7OS/c1-8-4-10(19-12(18-8)15-6-17-19)13-2-3-14-11(20)9-5-21-7-16-9/h4-7,13H,2-3H2,1H3,(H,14,20). The molecule has 8 nitrogen and oxygen atoms in total. The molecule has 0 unspecified atom stereocenters. The van der Waals surface area contributed by atoms with Gasteiger partial charge < -0.3 is 10.6 Å². The summed E-state index contributed by atoms with van der Waals surface area (Å²) >= 11 is 1.39. The van der Waals surface area contributed by atoms with E-state index in [0.717, 1.165) is 11.5 Å². The number of hydrogen-bond acceptors (Lipinski definition) is 7. The summed E-state index contributed by atoms with van der Waals surface area (Å²) in [6.07, 6.45) is 1.46. The van der Waals surface area contributed by atoms with E-state index in [-0.39, 0.29) is 5.91 Å². The number of aryl methyl sites for hydroxylation is 1. The lowest BCUT2D eigenvalue weighted by molar-refractivity contribution is 0.0951. The Labute approximate surface area is 124 Å². The molecule has 0 spiro atoms. The van der Waals surface area contributed by atoms with Crippen LogP contribution in [0.1, 0.15) is 16.2 Å². The monoisotopic (exact) mass is 303 g/mol. The van der Waals surface area contributed by atoms with Gasteiger partial charge in [0.05, 0.1) is 5.51 Å². The predicted molar refractivity (Wildman–Crippen MR) is 78.5 cm³/mol. The van der Waals surface area contributed by atoms with E-state index in [2.05, 4.69) is 30.7 Å². The molecule has 3 heterocycles. The molecule has 1 amide bonds. The molecule has 3 aromatic heterocycles. The van der Waals surface area contributed by atoms with E-state index < -0.39 is 0 Å². The molecule has 3 aromatic rings. The molecule has 21 heavy (non-hydrogen) atoms. The molecular weight excluding hydrogens is 290 g/mol. The third-order valence-electron chi connectivity index (χ3n) is 2.76. The lowest BCUT2D eigenvalue weighted by Crippen LogP contribution is -2.29. The number of aromatic nitrogens is 5. The molecule has 0 aromatic carbocycles. The lowest BCUT2D eigenvalue weighted by Gasteiger charge is -2.09. The van der Waals surface area contributed by atoms with E-state index in [0.29, 0.717) is 24.6 Å². The van der Waals surface area contributed by atoms with Crippen molar-refractivity contribution < 1.29 is 4.79 Å². The number of carbonyl (C=O) groups is 1. The zero-order valence-corrected chi connectivity index (χ0v) is 12.1. The average Bonchev–Trinajstić information content (AvgIpc) is 3.13. The van der Waals surface area contributed by atoms with Crippen molar-refractivity contribution in [2.45, 2.75) is 6.92 Å². The van der Waals surface area contributed by atoms with Crippen LogP contribution < -0.4 is 10.6 Å². The average molecular weight is 303 g/mol. The number of fused-ring (bicyclic) bond motifs is 1. The first-order valence-corrected chi connectivity index (χ1v) is 7.26. The van der Waals surface area contributed by atoms with Gasteiger partial charge in [-0.15, -0.1) is 11.3 Å². The van der Waals surface area contributed by atoms with Crippen LogP contribution in [0.3, 0.4) is 0 Å². The van der Waals surface area contributed by atoms with Crippen molar-refractivity contribution in [2.75, 3.05) is 18.4 Å². The largest absolute Gasteiger partial charge is 0.368 e. The Morgan fingerprint density at radius 2 is 2.29 bits per heavy atom. The summed E-state index contributed by atoms with van der Waals surface area (Å²) in [6.45, 7) is 2.94. The van der Waals surface area contributed by atoms with Gasteiger partial charge in [0.15, 0.2) is 0 Å². The molecule has 0 saturated heterocycles. The maximum Gasteiger partial charge on any atom is 0.270 e. The van der Waals surface area contributed by atoms with Gasteiger partial charge in [0, 0.05) is 30.2 Å². The van der Waals surface area contributed by atoms with Crippen molar-refractivity contribution in [2.24, 2.45) is 0 Å². The predicted octanol–water partition coefficient (Wildman–Crippen LogP) is 0.731. The van der Waals surface area contributed by atoms with Crippen LogP contribution in [-0.4, -0.2) is 43.6 Å². The molecule has 0 atom stereocenters. The molecular formula is C12H13N7OS. The van der Waals surface area contributed by atoms with Gasteiger partial charge in [-0.1, -0.05) is 0 Å². The molecule has 3 rings (SSSR count). The fourth-order valence-electron chi connectivity index (χ4n) is 1.84. The van der Waals surface area contributed by atoms with Crippen molar-refractivity contribution >= 4 is 28.8 Å². The van der Waals surface area contributed by atoms with Crippen LogP contribution in [0.15, 0.2) is 23.3 Å². The molecule has 0 aliphatic heterocycles. The van der Waals surface area contributed by atoms with Crippen molar-refractivity contribution in [1.82, 2.24) is 29.9 Å². The lowest BCUT2D eigenvalue weighted by atomic mass is 10.4. The first kappa shape index (κ1) is 13.4. The molecule has 2 N–H and O–H groups in total. The van der Waals surface area contributed by atoms with Crippen molar-refractivity contribution in [3.8, 4) is 0 Å². The number of carbonyl (C=O) groups excluding carboxylic acids is 1. The van der Waals surface area contributed by atoms with Crippen LogP contribution in [0, 0.1) is 6.92 Å². The van der Waals surface area contributed by atoms with E-state index in [4.69, 9.17) is 0 Å². The minimum atomic E-state index is -0.171.